The number of hydrogen-bond acceptors (Lipinski definition) is 5. The minimum absolute atomic E-state index is 0.0607. The second kappa shape index (κ2) is 10.9. The molecule has 1 aliphatic carbocycles. The number of nitrogens with zero attached hydrogens (tertiary/aromatic N) is 5. The molecule has 0 atom stereocenters. The molecule has 1 saturated heterocycles. The fourth-order valence-corrected chi connectivity index (χ4v) is 6.09. The summed E-state index contributed by atoms with van der Waals surface area (Å²) in [6, 6.07) is 15.0. The first-order chi connectivity index (χ1) is 19.4. The van der Waals surface area contributed by atoms with Gasteiger partial charge < -0.3 is 5.32 Å². The predicted octanol–water partition coefficient (Wildman–Crippen LogP) is 4.66. The normalized spacial score (nSPS) is 19.4. The largest absolute Gasteiger partial charge is 0.349 e. The average molecular weight is 559 g/mol. The van der Waals surface area contributed by atoms with Gasteiger partial charge >= 0.3 is 5.69 Å². The highest BCUT2D eigenvalue weighted by Crippen LogP contribution is 2.28. The molecule has 206 valence electrons. The summed E-state index contributed by atoms with van der Waals surface area (Å²) in [5.41, 5.74) is 2.66. The summed E-state index contributed by atoms with van der Waals surface area (Å²) in [5, 5.41) is 3.58. The van der Waals surface area contributed by atoms with Crippen LogP contribution in [0.2, 0.25) is 5.02 Å². The van der Waals surface area contributed by atoms with E-state index in [0.29, 0.717) is 53.3 Å². The number of imidazole rings is 1. The second-order valence-electron chi connectivity index (χ2n) is 10.7. The van der Waals surface area contributed by atoms with E-state index in [1.807, 2.05) is 47.0 Å². The molecular weight excluding hydrogens is 528 g/mol. The molecule has 2 aliphatic rings. The fourth-order valence-electron chi connectivity index (χ4n) is 5.93. The SMILES string of the molecule is Cc1ncc(Cl)cc1C(=O)N[C@H]1CC[C@H](Cn2c(=O)n(-c3cccc(N4CCCC4=O)n3)c3ccccc32)CC1. The van der Waals surface area contributed by atoms with E-state index >= 15 is 0 Å². The molecule has 2 fully saturated rings. The van der Waals surface area contributed by atoms with Gasteiger partial charge in [-0.2, -0.15) is 0 Å². The van der Waals surface area contributed by atoms with Crippen LogP contribution >= 0.6 is 11.6 Å². The number of aromatic nitrogens is 4. The van der Waals surface area contributed by atoms with Crippen LogP contribution in [-0.4, -0.2) is 43.5 Å². The summed E-state index contributed by atoms with van der Waals surface area (Å²) in [5.74, 6) is 1.30. The van der Waals surface area contributed by atoms with Crippen molar-refractivity contribution in [2.45, 2.75) is 58.0 Å². The lowest BCUT2D eigenvalue weighted by atomic mass is 9.85. The lowest BCUT2D eigenvalue weighted by Gasteiger charge is -2.29. The molecule has 40 heavy (non-hydrogen) atoms. The number of nitrogens with one attached hydrogen (secondary N) is 1. The molecule has 10 heteroatoms. The van der Waals surface area contributed by atoms with Crippen LogP contribution in [0.3, 0.4) is 0 Å². The smallest absolute Gasteiger partial charge is 0.334 e. The Morgan fingerprint density at radius 2 is 1.77 bits per heavy atom. The van der Waals surface area contributed by atoms with Crippen molar-refractivity contribution in [3.05, 3.63) is 81.5 Å². The van der Waals surface area contributed by atoms with E-state index in [-0.39, 0.29) is 23.5 Å². The van der Waals surface area contributed by atoms with Crippen LogP contribution in [0.15, 0.2) is 59.5 Å². The number of rotatable bonds is 6. The number of benzene rings is 1. The van der Waals surface area contributed by atoms with Gasteiger partial charge in [0.25, 0.3) is 5.91 Å². The van der Waals surface area contributed by atoms with Crippen molar-refractivity contribution in [2.75, 3.05) is 11.4 Å². The zero-order valence-corrected chi connectivity index (χ0v) is 23.1. The van der Waals surface area contributed by atoms with Crippen LogP contribution in [0.25, 0.3) is 16.9 Å². The summed E-state index contributed by atoms with van der Waals surface area (Å²) in [7, 11) is 0. The summed E-state index contributed by atoms with van der Waals surface area (Å²) in [6.45, 7) is 3.04. The number of carbonyl (C=O) groups is 2. The zero-order chi connectivity index (χ0) is 27.8. The molecule has 4 heterocycles. The van der Waals surface area contributed by atoms with Gasteiger partial charge in [0.1, 0.15) is 11.6 Å². The van der Waals surface area contributed by atoms with E-state index in [1.54, 1.807) is 28.7 Å². The Morgan fingerprint density at radius 1 is 1.02 bits per heavy atom. The van der Waals surface area contributed by atoms with Crippen molar-refractivity contribution in [3.8, 4) is 5.82 Å². The van der Waals surface area contributed by atoms with Crippen LogP contribution in [0.5, 0.6) is 0 Å². The highest BCUT2D eigenvalue weighted by Gasteiger charge is 2.27. The summed E-state index contributed by atoms with van der Waals surface area (Å²) < 4.78 is 3.49. The molecule has 0 bridgehead atoms. The van der Waals surface area contributed by atoms with Crippen molar-refractivity contribution in [1.29, 1.82) is 0 Å². The van der Waals surface area contributed by atoms with Crippen molar-refractivity contribution in [1.82, 2.24) is 24.4 Å². The van der Waals surface area contributed by atoms with Gasteiger partial charge in [-0.3, -0.25) is 24.0 Å². The number of pyridine rings is 2. The van der Waals surface area contributed by atoms with Gasteiger partial charge in [-0.05, 0) is 75.3 Å². The Morgan fingerprint density at radius 3 is 2.52 bits per heavy atom. The van der Waals surface area contributed by atoms with Gasteiger partial charge in [0.05, 0.1) is 27.3 Å². The number of carbonyl (C=O) groups excluding carboxylic acids is 2. The molecule has 3 aromatic heterocycles. The van der Waals surface area contributed by atoms with Crippen LogP contribution in [0.4, 0.5) is 5.82 Å². The highest BCUT2D eigenvalue weighted by molar-refractivity contribution is 6.30. The van der Waals surface area contributed by atoms with Gasteiger partial charge in [-0.25, -0.2) is 14.3 Å². The topological polar surface area (TPSA) is 102 Å². The average Bonchev–Trinajstić information content (AvgIpc) is 3.51. The number of anilines is 1. The number of hydrogen-bond donors (Lipinski definition) is 1. The maximum Gasteiger partial charge on any atom is 0.334 e. The maximum atomic E-state index is 13.8. The van der Waals surface area contributed by atoms with Crippen LogP contribution in [-0.2, 0) is 11.3 Å². The molecule has 0 spiro atoms. The summed E-state index contributed by atoms with van der Waals surface area (Å²) >= 11 is 6.05. The fraction of sp³-hybridized carbons (Fsp3) is 0.367. The van der Waals surface area contributed by atoms with Crippen LogP contribution in [0.1, 0.15) is 54.6 Å². The first-order valence-corrected chi connectivity index (χ1v) is 14.2. The molecule has 6 rings (SSSR count). The minimum Gasteiger partial charge on any atom is -0.349 e. The van der Waals surface area contributed by atoms with Gasteiger partial charge in [0, 0.05) is 31.7 Å². The van der Waals surface area contributed by atoms with Gasteiger partial charge in [-0.15, -0.1) is 0 Å². The summed E-state index contributed by atoms with van der Waals surface area (Å²) in [4.78, 5) is 49.5. The third-order valence-corrected chi connectivity index (χ3v) is 8.26. The predicted molar refractivity (Wildman–Crippen MR) is 154 cm³/mol. The number of aryl methyl sites for hydroxylation is 1. The number of amides is 2. The van der Waals surface area contributed by atoms with Crippen molar-refractivity contribution < 1.29 is 9.59 Å². The van der Waals surface area contributed by atoms with E-state index in [2.05, 4.69) is 10.3 Å². The van der Waals surface area contributed by atoms with Gasteiger partial charge in [0.15, 0.2) is 0 Å². The van der Waals surface area contributed by atoms with E-state index in [4.69, 9.17) is 16.6 Å². The summed E-state index contributed by atoms with van der Waals surface area (Å²) in [6.07, 6.45) is 6.35. The lowest BCUT2D eigenvalue weighted by molar-refractivity contribution is -0.117. The maximum absolute atomic E-state index is 13.8. The zero-order valence-electron chi connectivity index (χ0n) is 22.3. The quantitative estimate of drug-likeness (QED) is 0.371. The molecule has 1 saturated carbocycles. The van der Waals surface area contributed by atoms with E-state index in [9.17, 15) is 14.4 Å². The Bertz CT molecular complexity index is 1650. The number of para-hydroxylation sites is 2. The first kappa shape index (κ1) is 26.3. The van der Waals surface area contributed by atoms with Crippen molar-refractivity contribution >= 4 is 40.3 Å². The Kier molecular flexibility index (Phi) is 7.14. The lowest BCUT2D eigenvalue weighted by Crippen LogP contribution is -2.39. The highest BCUT2D eigenvalue weighted by atomic mass is 35.5. The minimum atomic E-state index is -0.152. The molecule has 4 aromatic rings. The van der Waals surface area contributed by atoms with Crippen LogP contribution in [0, 0.1) is 12.8 Å². The first-order valence-electron chi connectivity index (χ1n) is 13.8. The number of halogens is 1. The van der Waals surface area contributed by atoms with Crippen molar-refractivity contribution in [3.63, 3.8) is 0 Å². The van der Waals surface area contributed by atoms with Crippen LogP contribution < -0.4 is 15.9 Å². The molecule has 1 aromatic carbocycles. The van der Waals surface area contributed by atoms with Gasteiger partial charge in [0.2, 0.25) is 5.91 Å². The monoisotopic (exact) mass is 558 g/mol. The molecule has 0 radical (unpaired) electrons. The third-order valence-electron chi connectivity index (χ3n) is 8.06. The molecule has 0 unspecified atom stereocenters. The molecular formula is C30H31ClN6O3. The Balaban J connectivity index is 1.19. The Hall–Kier alpha value is -3.98. The molecule has 1 N–H and O–H groups in total. The van der Waals surface area contributed by atoms with E-state index in [1.165, 1.54) is 0 Å². The van der Waals surface area contributed by atoms with E-state index in [0.717, 1.165) is 43.1 Å². The second-order valence-corrected chi connectivity index (χ2v) is 11.1. The Labute approximate surface area is 236 Å². The van der Waals surface area contributed by atoms with Gasteiger partial charge in [-0.1, -0.05) is 29.8 Å². The molecule has 9 nitrogen and oxygen atoms in total. The third kappa shape index (κ3) is 5.01. The standard InChI is InChI=1S/C30H31ClN6O3/c1-19-23(16-21(31)17-32-19)29(39)33-22-13-11-20(12-14-22)18-36-24-6-2-3-7-25(24)37(30(36)40)27-9-4-8-26(34-27)35-15-5-10-28(35)38/h2-4,6-9,16-17,20,22H,5,10-15,18H2,1H3,(H,33,39)/t20-,22-. The molecule has 2 amide bonds. The van der Waals surface area contributed by atoms with Crippen molar-refractivity contribution in [2.24, 2.45) is 5.92 Å². The number of fused-ring (bicyclic) bond motifs is 1. The molecule has 1 aliphatic heterocycles. The van der Waals surface area contributed by atoms with E-state index < -0.39 is 0 Å².